The van der Waals surface area contributed by atoms with E-state index in [-0.39, 0.29) is 29.9 Å². The first kappa shape index (κ1) is 14.2. The molecule has 0 aliphatic rings. The first-order chi connectivity index (χ1) is 6.46. The lowest BCUT2D eigenvalue weighted by molar-refractivity contribution is 0.152. The molecule has 3 nitrogen and oxygen atoms in total. The quantitative estimate of drug-likeness (QED) is 0.592. The van der Waals surface area contributed by atoms with Gasteiger partial charge in [-0.3, -0.25) is 0 Å². The Kier molecular flexibility index (Phi) is 6.78. The van der Waals surface area contributed by atoms with Crippen molar-refractivity contribution in [2.45, 2.75) is 32.1 Å². The van der Waals surface area contributed by atoms with Crippen molar-refractivity contribution in [1.82, 2.24) is 5.32 Å². The number of hydrogen-bond acceptors (Lipinski definition) is 4. The lowest BCUT2D eigenvalue weighted by Gasteiger charge is -2.27. The Morgan fingerprint density at radius 3 is 2.29 bits per heavy atom. The zero-order valence-electron chi connectivity index (χ0n) is 9.58. The molecule has 0 radical (unpaired) electrons. The van der Waals surface area contributed by atoms with Gasteiger partial charge in [-0.15, -0.1) is 0 Å². The summed E-state index contributed by atoms with van der Waals surface area (Å²) in [6, 6.07) is 0.265. The average Bonchev–Trinajstić information content (AvgIpc) is 2.17. The van der Waals surface area contributed by atoms with Gasteiger partial charge in [0.25, 0.3) is 0 Å². The van der Waals surface area contributed by atoms with Crippen LogP contribution >= 0.6 is 11.8 Å². The predicted octanol–water partition coefficient (Wildman–Crippen LogP) is 0.707. The van der Waals surface area contributed by atoms with Gasteiger partial charge in [0.05, 0.1) is 6.61 Å². The maximum atomic E-state index is 9.07. The van der Waals surface area contributed by atoms with Gasteiger partial charge in [0.1, 0.15) is 0 Å². The molecule has 0 aromatic carbocycles. The van der Waals surface area contributed by atoms with Crippen LogP contribution in [0, 0.1) is 5.41 Å². The van der Waals surface area contributed by atoms with Gasteiger partial charge in [-0.2, -0.15) is 11.8 Å². The van der Waals surface area contributed by atoms with Gasteiger partial charge >= 0.3 is 0 Å². The molecule has 0 saturated carbocycles. The van der Waals surface area contributed by atoms with Crippen LogP contribution in [0.3, 0.4) is 0 Å². The summed E-state index contributed by atoms with van der Waals surface area (Å²) < 4.78 is 0. The van der Waals surface area contributed by atoms with Crippen molar-refractivity contribution in [1.29, 1.82) is 0 Å². The summed E-state index contributed by atoms with van der Waals surface area (Å²) in [5.41, 5.74) is -0.0906. The molecule has 0 rings (SSSR count). The van der Waals surface area contributed by atoms with Gasteiger partial charge in [-0.05, 0) is 13.2 Å². The second-order valence-corrected chi connectivity index (χ2v) is 5.53. The van der Waals surface area contributed by atoms with Gasteiger partial charge in [0.2, 0.25) is 0 Å². The minimum atomic E-state index is -0.0906. The minimum absolute atomic E-state index is 0.0906. The number of aliphatic hydroxyl groups is 2. The summed E-state index contributed by atoms with van der Waals surface area (Å²) in [5.74, 6) is 0. The zero-order chi connectivity index (χ0) is 11.2. The molecule has 0 bridgehead atoms. The van der Waals surface area contributed by atoms with Gasteiger partial charge < -0.3 is 15.5 Å². The summed E-state index contributed by atoms with van der Waals surface area (Å²) in [6.45, 7) is 7.22. The maximum absolute atomic E-state index is 9.07. The van der Waals surface area contributed by atoms with Crippen molar-refractivity contribution in [3.05, 3.63) is 0 Å². The molecule has 0 amide bonds. The van der Waals surface area contributed by atoms with Crippen LogP contribution in [0.5, 0.6) is 0 Å². The Hall–Kier alpha value is 0.230. The van der Waals surface area contributed by atoms with E-state index in [4.69, 9.17) is 10.2 Å². The molecule has 2 atom stereocenters. The molecule has 0 aliphatic carbocycles. The fourth-order valence-electron chi connectivity index (χ4n) is 1.06. The van der Waals surface area contributed by atoms with Crippen molar-refractivity contribution < 1.29 is 10.2 Å². The van der Waals surface area contributed by atoms with E-state index in [9.17, 15) is 0 Å². The third-order valence-electron chi connectivity index (χ3n) is 2.37. The van der Waals surface area contributed by atoms with Gasteiger partial charge in [-0.1, -0.05) is 13.8 Å². The standard InChI is InChI=1S/C10H23NO2S/c1-8(9(5-12)14-4)11-6-10(2,3)7-13/h8-9,11-13H,5-7H2,1-4H3. The van der Waals surface area contributed by atoms with Crippen LogP contribution in [0.4, 0.5) is 0 Å². The van der Waals surface area contributed by atoms with Gasteiger partial charge in [0, 0.05) is 29.9 Å². The molecular formula is C10H23NO2S. The minimum Gasteiger partial charge on any atom is -0.396 e. The molecule has 86 valence electrons. The smallest absolute Gasteiger partial charge is 0.0564 e. The number of nitrogens with one attached hydrogen (secondary N) is 1. The SMILES string of the molecule is CSC(CO)C(C)NCC(C)(C)CO. The highest BCUT2D eigenvalue weighted by Gasteiger charge is 2.20. The molecule has 4 heteroatoms. The highest BCUT2D eigenvalue weighted by Crippen LogP contribution is 2.14. The Balaban J connectivity index is 3.88. The summed E-state index contributed by atoms with van der Waals surface area (Å²) in [7, 11) is 0. The summed E-state index contributed by atoms with van der Waals surface area (Å²) in [4.78, 5) is 0. The largest absolute Gasteiger partial charge is 0.396 e. The highest BCUT2D eigenvalue weighted by molar-refractivity contribution is 7.99. The lowest BCUT2D eigenvalue weighted by atomic mass is 9.94. The van der Waals surface area contributed by atoms with Crippen LogP contribution in [0.2, 0.25) is 0 Å². The molecule has 0 heterocycles. The maximum Gasteiger partial charge on any atom is 0.0564 e. The van der Waals surface area contributed by atoms with Crippen LogP contribution in [-0.4, -0.2) is 47.5 Å². The van der Waals surface area contributed by atoms with E-state index in [0.29, 0.717) is 0 Å². The Morgan fingerprint density at radius 2 is 1.93 bits per heavy atom. The Labute approximate surface area is 91.3 Å². The monoisotopic (exact) mass is 221 g/mol. The van der Waals surface area contributed by atoms with E-state index >= 15 is 0 Å². The van der Waals surface area contributed by atoms with Crippen molar-refractivity contribution in [2.24, 2.45) is 5.41 Å². The molecule has 2 unspecified atom stereocenters. The van der Waals surface area contributed by atoms with E-state index in [1.54, 1.807) is 11.8 Å². The number of thioether (sulfide) groups is 1. The second kappa shape index (κ2) is 6.67. The van der Waals surface area contributed by atoms with E-state index in [1.165, 1.54) is 0 Å². The molecule has 0 fully saturated rings. The van der Waals surface area contributed by atoms with Crippen molar-refractivity contribution >= 4 is 11.8 Å². The van der Waals surface area contributed by atoms with Crippen LogP contribution in [0.25, 0.3) is 0 Å². The van der Waals surface area contributed by atoms with Crippen molar-refractivity contribution in [3.63, 3.8) is 0 Å². The lowest BCUT2D eigenvalue weighted by Crippen LogP contribution is -2.43. The first-order valence-electron chi connectivity index (χ1n) is 4.94. The molecule has 14 heavy (non-hydrogen) atoms. The van der Waals surface area contributed by atoms with Crippen molar-refractivity contribution in [2.75, 3.05) is 26.0 Å². The molecule has 3 N–H and O–H groups in total. The topological polar surface area (TPSA) is 52.5 Å². The fraction of sp³-hybridized carbons (Fsp3) is 1.00. The van der Waals surface area contributed by atoms with Gasteiger partial charge in [0.15, 0.2) is 0 Å². The molecule has 0 aromatic heterocycles. The number of rotatable bonds is 7. The van der Waals surface area contributed by atoms with E-state index in [1.807, 2.05) is 20.1 Å². The predicted molar refractivity (Wildman–Crippen MR) is 62.7 cm³/mol. The summed E-state index contributed by atoms with van der Waals surface area (Å²) in [6.07, 6.45) is 2.00. The second-order valence-electron chi connectivity index (χ2n) is 4.45. The van der Waals surface area contributed by atoms with Crippen LogP contribution in [-0.2, 0) is 0 Å². The van der Waals surface area contributed by atoms with Crippen LogP contribution in [0.15, 0.2) is 0 Å². The summed E-state index contributed by atoms with van der Waals surface area (Å²) >= 11 is 1.66. The normalized spacial score (nSPS) is 16.7. The molecule has 0 aromatic rings. The van der Waals surface area contributed by atoms with Gasteiger partial charge in [-0.25, -0.2) is 0 Å². The fourth-order valence-corrected chi connectivity index (χ4v) is 1.71. The molecular weight excluding hydrogens is 198 g/mol. The van der Waals surface area contributed by atoms with Crippen LogP contribution < -0.4 is 5.32 Å². The zero-order valence-corrected chi connectivity index (χ0v) is 10.4. The number of hydrogen-bond donors (Lipinski definition) is 3. The van der Waals surface area contributed by atoms with E-state index in [0.717, 1.165) is 6.54 Å². The molecule has 0 aliphatic heterocycles. The first-order valence-corrected chi connectivity index (χ1v) is 6.23. The Bertz CT molecular complexity index is 149. The highest BCUT2D eigenvalue weighted by atomic mass is 32.2. The molecule has 0 saturated heterocycles. The third-order valence-corrected chi connectivity index (χ3v) is 3.53. The third kappa shape index (κ3) is 5.20. The number of aliphatic hydroxyl groups excluding tert-OH is 2. The molecule has 0 spiro atoms. The Morgan fingerprint density at radius 1 is 1.36 bits per heavy atom. The van der Waals surface area contributed by atoms with E-state index < -0.39 is 0 Å². The summed E-state index contributed by atoms with van der Waals surface area (Å²) in [5, 5.41) is 21.7. The van der Waals surface area contributed by atoms with Crippen LogP contribution in [0.1, 0.15) is 20.8 Å². The van der Waals surface area contributed by atoms with Crippen molar-refractivity contribution in [3.8, 4) is 0 Å². The van der Waals surface area contributed by atoms with E-state index in [2.05, 4.69) is 12.2 Å². The average molecular weight is 221 g/mol.